The van der Waals surface area contributed by atoms with Crippen molar-refractivity contribution in [2.24, 2.45) is 4.99 Å². The van der Waals surface area contributed by atoms with Crippen LogP contribution < -0.4 is 9.47 Å². The van der Waals surface area contributed by atoms with Crippen LogP contribution in [0.15, 0.2) is 83.5 Å². The van der Waals surface area contributed by atoms with Crippen molar-refractivity contribution >= 4 is 23.9 Å². The molecule has 31 heavy (non-hydrogen) atoms. The first-order chi connectivity index (χ1) is 15.0. The van der Waals surface area contributed by atoms with Gasteiger partial charge in [0.05, 0.1) is 12.7 Å². The minimum absolute atomic E-state index is 0.207. The number of hydrogen-bond acceptors (Lipinski definition) is 6. The van der Waals surface area contributed by atoms with E-state index in [1.165, 1.54) is 0 Å². The van der Waals surface area contributed by atoms with Gasteiger partial charge in [-0.2, -0.15) is 0 Å². The van der Waals surface area contributed by atoms with Gasteiger partial charge in [-0.15, -0.1) is 0 Å². The Balaban J connectivity index is 1.46. The fourth-order valence-electron chi connectivity index (χ4n) is 2.91. The van der Waals surface area contributed by atoms with E-state index in [2.05, 4.69) is 4.99 Å². The lowest BCUT2D eigenvalue weighted by Gasteiger charge is -2.05. The molecule has 1 heterocycles. The van der Waals surface area contributed by atoms with Crippen molar-refractivity contribution in [3.05, 3.63) is 101 Å². The van der Waals surface area contributed by atoms with Crippen molar-refractivity contribution in [3.8, 4) is 11.5 Å². The highest BCUT2D eigenvalue weighted by atomic mass is 16.6. The molecule has 1 aliphatic rings. The predicted molar refractivity (Wildman–Crippen MR) is 116 cm³/mol. The van der Waals surface area contributed by atoms with Crippen LogP contribution in [0.2, 0.25) is 0 Å². The van der Waals surface area contributed by atoms with Crippen LogP contribution in [0.5, 0.6) is 11.5 Å². The number of aryl methyl sites for hydroxylation is 1. The van der Waals surface area contributed by atoms with Crippen molar-refractivity contribution in [2.45, 2.75) is 6.92 Å². The monoisotopic (exact) mass is 413 g/mol. The number of hydrogen-bond donors (Lipinski definition) is 0. The van der Waals surface area contributed by atoms with Gasteiger partial charge in [0.15, 0.2) is 5.70 Å². The van der Waals surface area contributed by atoms with Gasteiger partial charge >= 0.3 is 11.9 Å². The number of esters is 2. The smallest absolute Gasteiger partial charge is 0.363 e. The van der Waals surface area contributed by atoms with Gasteiger partial charge in [0, 0.05) is 5.56 Å². The number of methoxy groups -OCH3 is 1. The second-order valence-electron chi connectivity index (χ2n) is 6.89. The number of benzene rings is 3. The first-order valence-electron chi connectivity index (χ1n) is 9.58. The summed E-state index contributed by atoms with van der Waals surface area (Å²) in [5.41, 5.74) is 3.20. The topological polar surface area (TPSA) is 74.2 Å². The molecule has 0 radical (unpaired) electrons. The van der Waals surface area contributed by atoms with E-state index < -0.39 is 11.9 Å². The molecule has 0 fully saturated rings. The summed E-state index contributed by atoms with van der Waals surface area (Å²) in [6.07, 6.45) is 1.62. The van der Waals surface area contributed by atoms with Crippen LogP contribution >= 0.6 is 0 Å². The maximum absolute atomic E-state index is 12.3. The van der Waals surface area contributed by atoms with Crippen LogP contribution in [-0.4, -0.2) is 24.9 Å². The SMILES string of the molecule is COc1ccc(C(=O)Oc2ccc(/C=C3/N=C(c4ccc(C)cc4)OC3=O)cc2)cc1. The third-order valence-electron chi connectivity index (χ3n) is 4.64. The fourth-order valence-corrected chi connectivity index (χ4v) is 2.91. The molecule has 0 atom stereocenters. The van der Waals surface area contributed by atoms with E-state index in [-0.39, 0.29) is 11.6 Å². The number of cyclic esters (lactones) is 1. The van der Waals surface area contributed by atoms with E-state index >= 15 is 0 Å². The highest BCUT2D eigenvalue weighted by Crippen LogP contribution is 2.21. The normalized spacial score (nSPS) is 14.2. The average Bonchev–Trinajstić information content (AvgIpc) is 3.15. The van der Waals surface area contributed by atoms with Crippen molar-refractivity contribution in [1.82, 2.24) is 0 Å². The molecule has 0 bridgehead atoms. The highest BCUT2D eigenvalue weighted by Gasteiger charge is 2.24. The molecule has 3 aromatic carbocycles. The Hall–Kier alpha value is -4.19. The summed E-state index contributed by atoms with van der Waals surface area (Å²) in [7, 11) is 1.56. The lowest BCUT2D eigenvalue weighted by molar-refractivity contribution is -0.129. The first kappa shape index (κ1) is 20.1. The zero-order valence-electron chi connectivity index (χ0n) is 17.0. The molecule has 0 saturated carbocycles. The minimum Gasteiger partial charge on any atom is -0.497 e. The van der Waals surface area contributed by atoms with Crippen LogP contribution in [0, 0.1) is 6.92 Å². The molecule has 6 nitrogen and oxygen atoms in total. The molecule has 0 aromatic heterocycles. The molecule has 0 spiro atoms. The molecule has 0 N–H and O–H groups in total. The Labute approximate surface area is 179 Å². The standard InChI is InChI=1S/C25H19NO5/c1-16-3-7-18(8-4-16)23-26-22(25(28)31-23)15-17-5-11-21(12-6-17)30-24(27)19-9-13-20(29-2)14-10-19/h3-15H,1-2H3/b22-15+. The second kappa shape index (κ2) is 8.67. The summed E-state index contributed by atoms with van der Waals surface area (Å²) in [6.45, 7) is 1.98. The minimum atomic E-state index is -0.509. The number of carbonyl (C=O) groups excluding carboxylic acids is 2. The maximum atomic E-state index is 12.3. The van der Waals surface area contributed by atoms with Crippen LogP contribution in [0.4, 0.5) is 0 Å². The molecule has 154 valence electrons. The van der Waals surface area contributed by atoms with Gasteiger partial charge in [-0.05, 0) is 67.1 Å². The van der Waals surface area contributed by atoms with Crippen molar-refractivity contribution < 1.29 is 23.8 Å². The highest BCUT2D eigenvalue weighted by molar-refractivity contribution is 6.12. The molecular formula is C25H19NO5. The molecule has 0 aliphatic carbocycles. The Bertz CT molecular complexity index is 1170. The number of ether oxygens (including phenoxy) is 3. The Morgan fingerprint density at radius 3 is 2.19 bits per heavy atom. The molecule has 1 aliphatic heterocycles. The van der Waals surface area contributed by atoms with Crippen LogP contribution in [-0.2, 0) is 9.53 Å². The lowest BCUT2D eigenvalue weighted by atomic mass is 10.1. The zero-order chi connectivity index (χ0) is 21.8. The number of aliphatic imine (C=N–C) groups is 1. The molecule has 0 unspecified atom stereocenters. The summed E-state index contributed by atoms with van der Waals surface area (Å²) < 4.78 is 15.7. The number of carbonyl (C=O) groups is 2. The average molecular weight is 413 g/mol. The molecular weight excluding hydrogens is 394 g/mol. The molecule has 4 rings (SSSR count). The zero-order valence-corrected chi connectivity index (χ0v) is 17.0. The van der Waals surface area contributed by atoms with Gasteiger partial charge in [0.25, 0.3) is 0 Å². The Morgan fingerprint density at radius 1 is 0.903 bits per heavy atom. The van der Waals surface area contributed by atoms with Gasteiger partial charge in [-0.3, -0.25) is 0 Å². The molecule has 3 aromatic rings. The van der Waals surface area contributed by atoms with E-state index in [9.17, 15) is 9.59 Å². The van der Waals surface area contributed by atoms with Crippen molar-refractivity contribution in [1.29, 1.82) is 0 Å². The quantitative estimate of drug-likeness (QED) is 0.348. The van der Waals surface area contributed by atoms with Crippen molar-refractivity contribution in [3.63, 3.8) is 0 Å². The fraction of sp³-hybridized carbons (Fsp3) is 0.0800. The molecule has 6 heteroatoms. The number of nitrogens with zero attached hydrogens (tertiary/aromatic N) is 1. The van der Waals surface area contributed by atoms with E-state index in [1.54, 1.807) is 61.7 Å². The predicted octanol–water partition coefficient (Wildman–Crippen LogP) is 4.57. The van der Waals surface area contributed by atoms with E-state index in [0.29, 0.717) is 17.1 Å². The van der Waals surface area contributed by atoms with Crippen LogP contribution in [0.3, 0.4) is 0 Å². The maximum Gasteiger partial charge on any atom is 0.363 e. The Morgan fingerprint density at radius 2 is 1.55 bits per heavy atom. The first-order valence-corrected chi connectivity index (χ1v) is 9.58. The lowest BCUT2D eigenvalue weighted by Crippen LogP contribution is -2.08. The van der Waals surface area contributed by atoms with Gasteiger partial charge in [-0.1, -0.05) is 29.8 Å². The van der Waals surface area contributed by atoms with Gasteiger partial charge < -0.3 is 14.2 Å². The third kappa shape index (κ3) is 4.70. The van der Waals surface area contributed by atoms with Gasteiger partial charge in [-0.25, -0.2) is 14.6 Å². The largest absolute Gasteiger partial charge is 0.497 e. The van der Waals surface area contributed by atoms with E-state index in [4.69, 9.17) is 14.2 Å². The van der Waals surface area contributed by atoms with Gasteiger partial charge in [0.1, 0.15) is 11.5 Å². The van der Waals surface area contributed by atoms with Gasteiger partial charge in [0.2, 0.25) is 5.90 Å². The molecule has 0 amide bonds. The van der Waals surface area contributed by atoms with Crippen molar-refractivity contribution in [2.75, 3.05) is 7.11 Å². The summed E-state index contributed by atoms with van der Waals surface area (Å²) >= 11 is 0. The van der Waals surface area contributed by atoms with Crippen LogP contribution in [0.25, 0.3) is 6.08 Å². The van der Waals surface area contributed by atoms with E-state index in [1.807, 2.05) is 31.2 Å². The summed E-state index contributed by atoms with van der Waals surface area (Å²) in [4.78, 5) is 28.7. The van der Waals surface area contributed by atoms with Crippen LogP contribution in [0.1, 0.15) is 27.0 Å². The molecule has 0 saturated heterocycles. The summed E-state index contributed by atoms with van der Waals surface area (Å²) in [5, 5.41) is 0. The third-order valence-corrected chi connectivity index (χ3v) is 4.64. The summed E-state index contributed by atoms with van der Waals surface area (Å²) in [6, 6.07) is 21.0. The number of rotatable bonds is 5. The van der Waals surface area contributed by atoms with E-state index in [0.717, 1.165) is 16.7 Å². The Kier molecular flexibility index (Phi) is 5.62. The summed E-state index contributed by atoms with van der Waals surface area (Å²) in [5.74, 6) is 0.348. The second-order valence-corrected chi connectivity index (χ2v) is 6.89.